The second-order valence-electron chi connectivity index (χ2n) is 13.2. The van der Waals surface area contributed by atoms with Crippen LogP contribution in [-0.4, -0.2) is 0 Å². The molecule has 0 N–H and O–H groups in total. The van der Waals surface area contributed by atoms with Crippen molar-refractivity contribution in [1.29, 1.82) is 0 Å². The molecule has 0 amide bonds. The van der Waals surface area contributed by atoms with Gasteiger partial charge in [-0.25, -0.2) is 0 Å². The quantitative estimate of drug-likeness (QED) is 0.205. The lowest BCUT2D eigenvalue weighted by atomic mass is 9.77. The number of hydrogen-bond acceptors (Lipinski definition) is 1. The van der Waals surface area contributed by atoms with Crippen molar-refractivity contribution < 1.29 is 0 Å². The highest BCUT2D eigenvalue weighted by atomic mass is 15.1. The third kappa shape index (κ3) is 4.39. The highest BCUT2D eigenvalue weighted by Gasteiger charge is 2.24. The van der Waals surface area contributed by atoms with Gasteiger partial charge in [-0.05, 0) is 139 Å². The number of anilines is 3. The number of rotatable bonds is 4. The normalized spacial score (nSPS) is 12.1. The SMILES string of the molecule is Cc1ccccc1N(c1ccccc1)c1ccc2cc3c(cc2c1)-c1cc2ccc(-c4ccc(C(C)(C)C)cc4)cc2cc1-3. The van der Waals surface area contributed by atoms with Crippen LogP contribution in [-0.2, 0) is 5.41 Å². The fraction of sp³-hybridized carbons (Fsp3) is 0.116. The first-order valence-electron chi connectivity index (χ1n) is 15.5. The monoisotopic (exact) mass is 565 g/mol. The standard InChI is InChI=1S/C43H35N/c1-28-10-8-9-13-42(28)44(36-11-6-5-7-12-36)37-21-18-32-25-39-40-26-33-22-30(29-16-19-35(20-17-29)43(2,3)4)14-15-31(33)24-38(40)41(39)27-34(32)23-37/h5-27H,1-4H3. The van der Waals surface area contributed by atoms with Crippen LogP contribution in [0.5, 0.6) is 0 Å². The van der Waals surface area contributed by atoms with E-state index in [-0.39, 0.29) is 5.41 Å². The van der Waals surface area contributed by atoms with Gasteiger partial charge in [0.1, 0.15) is 0 Å². The zero-order valence-corrected chi connectivity index (χ0v) is 25.7. The summed E-state index contributed by atoms with van der Waals surface area (Å²) in [4.78, 5) is 2.36. The van der Waals surface area contributed by atoms with Crippen molar-refractivity contribution in [3.05, 3.63) is 151 Å². The zero-order valence-electron chi connectivity index (χ0n) is 25.7. The van der Waals surface area contributed by atoms with E-state index in [2.05, 4.69) is 172 Å². The third-order valence-corrected chi connectivity index (χ3v) is 9.23. The minimum atomic E-state index is 0.158. The van der Waals surface area contributed by atoms with Crippen LogP contribution in [0.1, 0.15) is 31.9 Å². The van der Waals surface area contributed by atoms with Crippen molar-refractivity contribution in [2.24, 2.45) is 0 Å². The van der Waals surface area contributed by atoms with E-state index in [1.165, 1.54) is 77.4 Å². The molecule has 0 heterocycles. The summed E-state index contributed by atoms with van der Waals surface area (Å²) in [7, 11) is 0. The molecule has 0 spiro atoms. The Morgan fingerprint density at radius 1 is 0.432 bits per heavy atom. The zero-order chi connectivity index (χ0) is 30.0. The van der Waals surface area contributed by atoms with E-state index in [1.54, 1.807) is 0 Å². The van der Waals surface area contributed by atoms with Crippen LogP contribution in [0, 0.1) is 6.92 Å². The lowest BCUT2D eigenvalue weighted by molar-refractivity contribution is 0.590. The fourth-order valence-corrected chi connectivity index (χ4v) is 6.71. The van der Waals surface area contributed by atoms with Gasteiger partial charge in [0.2, 0.25) is 0 Å². The van der Waals surface area contributed by atoms with Crippen LogP contribution in [0.25, 0.3) is 54.9 Å². The Balaban J connectivity index is 1.17. The maximum absolute atomic E-state index is 2.38. The Morgan fingerprint density at radius 3 is 1.61 bits per heavy atom. The van der Waals surface area contributed by atoms with Crippen molar-refractivity contribution in [1.82, 2.24) is 0 Å². The molecular formula is C43H35N. The second-order valence-corrected chi connectivity index (χ2v) is 13.2. The maximum Gasteiger partial charge on any atom is 0.0490 e. The largest absolute Gasteiger partial charge is 0.310 e. The highest BCUT2D eigenvalue weighted by molar-refractivity contribution is 6.12. The summed E-state index contributed by atoms with van der Waals surface area (Å²) in [5.41, 5.74) is 14.2. The highest BCUT2D eigenvalue weighted by Crippen LogP contribution is 2.51. The molecular weight excluding hydrogens is 530 g/mol. The van der Waals surface area contributed by atoms with Crippen molar-refractivity contribution in [3.63, 3.8) is 0 Å². The first kappa shape index (κ1) is 26.5. The summed E-state index contributed by atoms with van der Waals surface area (Å²) >= 11 is 0. The summed E-state index contributed by atoms with van der Waals surface area (Å²) in [5, 5.41) is 5.10. The van der Waals surface area contributed by atoms with Crippen LogP contribution >= 0.6 is 0 Å². The van der Waals surface area contributed by atoms with E-state index < -0.39 is 0 Å². The van der Waals surface area contributed by atoms with Crippen molar-refractivity contribution in [2.45, 2.75) is 33.1 Å². The van der Waals surface area contributed by atoms with Gasteiger partial charge in [-0.15, -0.1) is 0 Å². The second kappa shape index (κ2) is 9.96. The molecule has 0 radical (unpaired) electrons. The van der Waals surface area contributed by atoms with Gasteiger partial charge in [0.15, 0.2) is 0 Å². The van der Waals surface area contributed by atoms with Gasteiger partial charge in [0.25, 0.3) is 0 Å². The molecule has 1 heteroatoms. The predicted octanol–water partition coefficient (Wildman–Crippen LogP) is 12.4. The molecule has 0 saturated carbocycles. The topological polar surface area (TPSA) is 3.24 Å². The molecule has 0 fully saturated rings. The average Bonchev–Trinajstić information content (AvgIpc) is 3.04. The number of aryl methyl sites for hydroxylation is 1. The Labute approximate surface area is 260 Å². The molecule has 1 aliphatic rings. The number of nitrogens with zero attached hydrogens (tertiary/aromatic N) is 1. The molecule has 0 unspecified atom stereocenters. The molecule has 7 aromatic carbocycles. The molecule has 0 bridgehead atoms. The minimum absolute atomic E-state index is 0.158. The number of para-hydroxylation sites is 2. The van der Waals surface area contributed by atoms with Crippen LogP contribution in [0.3, 0.4) is 0 Å². The van der Waals surface area contributed by atoms with E-state index in [4.69, 9.17) is 0 Å². The molecule has 1 nitrogen and oxygen atoms in total. The third-order valence-electron chi connectivity index (χ3n) is 9.23. The Morgan fingerprint density at radius 2 is 0.977 bits per heavy atom. The number of hydrogen-bond donors (Lipinski definition) is 0. The Bertz CT molecular complexity index is 2200. The molecule has 8 rings (SSSR count). The first-order valence-corrected chi connectivity index (χ1v) is 15.5. The average molecular weight is 566 g/mol. The lowest BCUT2D eigenvalue weighted by Gasteiger charge is -2.28. The van der Waals surface area contributed by atoms with Gasteiger partial charge in [0.05, 0.1) is 0 Å². The summed E-state index contributed by atoms with van der Waals surface area (Å²) in [5.74, 6) is 0. The summed E-state index contributed by atoms with van der Waals surface area (Å²) in [6.07, 6.45) is 0. The van der Waals surface area contributed by atoms with Gasteiger partial charge in [-0.3, -0.25) is 0 Å². The number of fused-ring (bicyclic) bond motifs is 6. The molecule has 1 aliphatic carbocycles. The van der Waals surface area contributed by atoms with E-state index >= 15 is 0 Å². The van der Waals surface area contributed by atoms with E-state index in [9.17, 15) is 0 Å². The number of benzene rings is 7. The van der Waals surface area contributed by atoms with Crippen LogP contribution in [0.2, 0.25) is 0 Å². The molecule has 212 valence electrons. The molecule has 0 atom stereocenters. The summed E-state index contributed by atoms with van der Waals surface area (Å²) in [6, 6.07) is 51.6. The van der Waals surface area contributed by atoms with Gasteiger partial charge < -0.3 is 4.90 Å². The predicted molar refractivity (Wildman–Crippen MR) is 189 cm³/mol. The molecule has 0 saturated heterocycles. The Kier molecular flexibility index (Phi) is 6.00. The van der Waals surface area contributed by atoms with E-state index in [0.717, 1.165) is 5.69 Å². The lowest BCUT2D eigenvalue weighted by Crippen LogP contribution is -2.11. The van der Waals surface area contributed by atoms with E-state index in [0.29, 0.717) is 0 Å². The fourth-order valence-electron chi connectivity index (χ4n) is 6.71. The van der Waals surface area contributed by atoms with Crippen molar-refractivity contribution in [2.75, 3.05) is 4.90 Å². The van der Waals surface area contributed by atoms with Crippen molar-refractivity contribution in [3.8, 4) is 33.4 Å². The van der Waals surface area contributed by atoms with E-state index in [1.807, 2.05) is 0 Å². The maximum atomic E-state index is 2.38. The molecule has 7 aromatic rings. The van der Waals surface area contributed by atoms with Crippen LogP contribution < -0.4 is 4.90 Å². The van der Waals surface area contributed by atoms with Gasteiger partial charge in [-0.2, -0.15) is 0 Å². The van der Waals surface area contributed by atoms with Crippen LogP contribution in [0.4, 0.5) is 17.1 Å². The smallest absolute Gasteiger partial charge is 0.0490 e. The molecule has 0 aromatic heterocycles. The minimum Gasteiger partial charge on any atom is -0.310 e. The van der Waals surface area contributed by atoms with Gasteiger partial charge >= 0.3 is 0 Å². The summed E-state index contributed by atoms with van der Waals surface area (Å²) in [6.45, 7) is 8.98. The first-order chi connectivity index (χ1) is 21.3. The van der Waals surface area contributed by atoms with Gasteiger partial charge in [-0.1, -0.05) is 99.6 Å². The molecule has 0 aliphatic heterocycles. The molecule has 44 heavy (non-hydrogen) atoms. The van der Waals surface area contributed by atoms with Gasteiger partial charge in [0, 0.05) is 17.1 Å². The Hall–Kier alpha value is -5.14. The van der Waals surface area contributed by atoms with Crippen molar-refractivity contribution >= 4 is 38.6 Å². The van der Waals surface area contributed by atoms with Crippen LogP contribution in [0.15, 0.2) is 140 Å². The summed E-state index contributed by atoms with van der Waals surface area (Å²) < 4.78 is 0.